The fraction of sp³-hybridized carbons (Fsp3) is 0.312. The molecule has 1 heterocycles. The zero-order valence-corrected chi connectivity index (χ0v) is 12.6. The summed E-state index contributed by atoms with van der Waals surface area (Å²) in [7, 11) is 0. The van der Waals surface area contributed by atoms with Crippen LogP contribution in [-0.4, -0.2) is 28.6 Å². The van der Waals surface area contributed by atoms with Crippen molar-refractivity contribution in [1.29, 1.82) is 0 Å². The van der Waals surface area contributed by atoms with Crippen LogP contribution in [0.5, 0.6) is 5.75 Å². The summed E-state index contributed by atoms with van der Waals surface area (Å²) in [6.45, 7) is 4.36. The van der Waals surface area contributed by atoms with Crippen LogP contribution in [0.1, 0.15) is 11.1 Å². The number of ether oxygens (including phenoxy) is 1. The van der Waals surface area contributed by atoms with E-state index in [4.69, 9.17) is 4.74 Å². The van der Waals surface area contributed by atoms with Crippen molar-refractivity contribution in [3.05, 3.63) is 53.7 Å². The van der Waals surface area contributed by atoms with Gasteiger partial charge in [-0.3, -0.25) is 0 Å². The van der Waals surface area contributed by atoms with Crippen LogP contribution in [0.4, 0.5) is 0 Å². The number of aliphatic hydroxyl groups is 1. The van der Waals surface area contributed by atoms with E-state index < -0.39 is 6.10 Å². The van der Waals surface area contributed by atoms with Gasteiger partial charge in [-0.2, -0.15) is 0 Å². The second kappa shape index (κ2) is 7.31. The van der Waals surface area contributed by atoms with Crippen LogP contribution in [0.15, 0.2) is 47.6 Å². The molecule has 1 aromatic heterocycles. The second-order valence-electron chi connectivity index (χ2n) is 4.77. The van der Waals surface area contributed by atoms with Crippen molar-refractivity contribution in [3.8, 4) is 5.75 Å². The molecule has 20 heavy (non-hydrogen) atoms. The molecule has 0 saturated heterocycles. The monoisotopic (exact) mass is 289 g/mol. The average molecular weight is 289 g/mol. The van der Waals surface area contributed by atoms with Gasteiger partial charge in [0.05, 0.1) is 11.1 Å². The number of pyridine rings is 1. The van der Waals surface area contributed by atoms with Crippen LogP contribution in [0, 0.1) is 13.8 Å². The minimum Gasteiger partial charge on any atom is -0.491 e. The van der Waals surface area contributed by atoms with Crippen LogP contribution in [-0.2, 0) is 0 Å². The molecule has 0 radical (unpaired) electrons. The standard InChI is InChI=1S/C16H19NO2S/c1-12-7-13(2)9-15(8-12)19-10-14(18)11-20-16-5-3-4-6-17-16/h3-9,14,18H,10-11H2,1-2H3/t14-/m0/s1. The maximum atomic E-state index is 9.94. The molecule has 0 amide bonds. The lowest BCUT2D eigenvalue weighted by Gasteiger charge is -2.12. The molecule has 2 rings (SSSR count). The van der Waals surface area contributed by atoms with Crippen LogP contribution in [0.25, 0.3) is 0 Å². The predicted molar refractivity (Wildman–Crippen MR) is 82.4 cm³/mol. The van der Waals surface area contributed by atoms with Gasteiger partial charge in [-0.25, -0.2) is 4.98 Å². The fourth-order valence-electron chi connectivity index (χ4n) is 1.87. The van der Waals surface area contributed by atoms with E-state index in [-0.39, 0.29) is 0 Å². The SMILES string of the molecule is Cc1cc(C)cc(OC[C@H](O)CSc2ccccn2)c1. The highest BCUT2D eigenvalue weighted by Gasteiger charge is 2.07. The molecule has 0 aliphatic carbocycles. The Labute approximate surface area is 124 Å². The Morgan fingerprint density at radius 3 is 2.60 bits per heavy atom. The summed E-state index contributed by atoms with van der Waals surface area (Å²) < 4.78 is 5.63. The first-order chi connectivity index (χ1) is 9.63. The highest BCUT2D eigenvalue weighted by Crippen LogP contribution is 2.18. The summed E-state index contributed by atoms with van der Waals surface area (Å²) in [6.07, 6.45) is 1.24. The van der Waals surface area contributed by atoms with E-state index in [1.54, 1.807) is 6.20 Å². The molecule has 0 fully saturated rings. The lowest BCUT2D eigenvalue weighted by molar-refractivity contribution is 0.126. The van der Waals surface area contributed by atoms with E-state index >= 15 is 0 Å². The molecular formula is C16H19NO2S. The Kier molecular flexibility index (Phi) is 5.44. The first-order valence-corrected chi connectivity index (χ1v) is 7.55. The normalized spacial score (nSPS) is 12.2. The quantitative estimate of drug-likeness (QED) is 0.829. The predicted octanol–water partition coefficient (Wildman–Crippen LogP) is 3.23. The summed E-state index contributed by atoms with van der Waals surface area (Å²) in [4.78, 5) is 4.20. The van der Waals surface area contributed by atoms with E-state index in [1.165, 1.54) is 11.8 Å². The van der Waals surface area contributed by atoms with Gasteiger partial charge in [-0.15, -0.1) is 11.8 Å². The average Bonchev–Trinajstić information content (AvgIpc) is 2.43. The molecule has 0 aliphatic rings. The van der Waals surface area contributed by atoms with Crippen molar-refractivity contribution in [2.75, 3.05) is 12.4 Å². The van der Waals surface area contributed by atoms with E-state index in [0.29, 0.717) is 12.4 Å². The number of rotatable bonds is 6. The third-order valence-electron chi connectivity index (χ3n) is 2.70. The summed E-state index contributed by atoms with van der Waals surface area (Å²) in [5.74, 6) is 1.38. The minimum atomic E-state index is -0.511. The first-order valence-electron chi connectivity index (χ1n) is 6.56. The smallest absolute Gasteiger partial charge is 0.119 e. The molecule has 0 bridgehead atoms. The topological polar surface area (TPSA) is 42.4 Å². The molecule has 0 saturated carbocycles. The summed E-state index contributed by atoms with van der Waals surface area (Å²) >= 11 is 1.53. The number of benzene rings is 1. The zero-order valence-electron chi connectivity index (χ0n) is 11.7. The Bertz CT molecular complexity index is 525. The molecule has 0 aliphatic heterocycles. The number of aryl methyl sites for hydroxylation is 2. The molecule has 1 N–H and O–H groups in total. The zero-order chi connectivity index (χ0) is 14.4. The molecule has 1 aromatic carbocycles. The molecule has 2 aromatic rings. The number of nitrogens with zero attached hydrogens (tertiary/aromatic N) is 1. The summed E-state index contributed by atoms with van der Waals surface area (Å²) in [5, 5.41) is 10.9. The van der Waals surface area contributed by atoms with Gasteiger partial charge in [-0.05, 0) is 49.2 Å². The van der Waals surface area contributed by atoms with Gasteiger partial charge >= 0.3 is 0 Å². The van der Waals surface area contributed by atoms with Gasteiger partial charge in [0.1, 0.15) is 12.4 Å². The maximum Gasteiger partial charge on any atom is 0.119 e. The van der Waals surface area contributed by atoms with Crippen molar-refractivity contribution < 1.29 is 9.84 Å². The van der Waals surface area contributed by atoms with Gasteiger partial charge in [0.25, 0.3) is 0 Å². The van der Waals surface area contributed by atoms with Crippen molar-refractivity contribution in [2.45, 2.75) is 25.0 Å². The largest absolute Gasteiger partial charge is 0.491 e. The summed E-state index contributed by atoms with van der Waals surface area (Å²) in [6, 6.07) is 11.8. The molecular weight excluding hydrogens is 270 g/mol. The molecule has 3 nitrogen and oxygen atoms in total. The van der Waals surface area contributed by atoms with Gasteiger partial charge in [0, 0.05) is 11.9 Å². The molecule has 1 atom stereocenters. The lowest BCUT2D eigenvalue weighted by Crippen LogP contribution is -2.20. The van der Waals surface area contributed by atoms with Gasteiger partial charge < -0.3 is 9.84 Å². The second-order valence-corrected chi connectivity index (χ2v) is 5.81. The Morgan fingerprint density at radius 1 is 1.20 bits per heavy atom. The van der Waals surface area contributed by atoms with Crippen molar-refractivity contribution >= 4 is 11.8 Å². The van der Waals surface area contributed by atoms with Crippen molar-refractivity contribution in [3.63, 3.8) is 0 Å². The van der Waals surface area contributed by atoms with Crippen LogP contribution >= 0.6 is 11.8 Å². The Hall–Kier alpha value is -1.52. The van der Waals surface area contributed by atoms with Crippen LogP contribution in [0.3, 0.4) is 0 Å². The highest BCUT2D eigenvalue weighted by molar-refractivity contribution is 7.99. The van der Waals surface area contributed by atoms with Crippen molar-refractivity contribution in [1.82, 2.24) is 4.98 Å². The number of aromatic nitrogens is 1. The number of hydrogen-bond acceptors (Lipinski definition) is 4. The van der Waals surface area contributed by atoms with E-state index in [9.17, 15) is 5.11 Å². The maximum absolute atomic E-state index is 9.94. The van der Waals surface area contributed by atoms with E-state index in [0.717, 1.165) is 21.9 Å². The van der Waals surface area contributed by atoms with Gasteiger partial charge in [-0.1, -0.05) is 12.1 Å². The number of hydrogen-bond donors (Lipinski definition) is 1. The molecule has 106 valence electrons. The Balaban J connectivity index is 1.78. The number of thioether (sulfide) groups is 1. The fourth-order valence-corrected chi connectivity index (χ4v) is 2.64. The highest BCUT2D eigenvalue weighted by atomic mass is 32.2. The van der Waals surface area contributed by atoms with E-state index in [2.05, 4.69) is 11.1 Å². The van der Waals surface area contributed by atoms with Gasteiger partial charge in [0.2, 0.25) is 0 Å². The lowest BCUT2D eigenvalue weighted by atomic mass is 10.1. The molecule has 0 unspecified atom stereocenters. The number of aliphatic hydroxyl groups excluding tert-OH is 1. The minimum absolute atomic E-state index is 0.294. The van der Waals surface area contributed by atoms with Crippen LogP contribution in [0.2, 0.25) is 0 Å². The molecule has 0 spiro atoms. The molecule has 4 heteroatoms. The van der Waals surface area contributed by atoms with E-state index in [1.807, 2.05) is 44.2 Å². The summed E-state index contributed by atoms with van der Waals surface area (Å²) in [5.41, 5.74) is 2.33. The van der Waals surface area contributed by atoms with Crippen molar-refractivity contribution in [2.24, 2.45) is 0 Å². The first kappa shape index (κ1) is 14.9. The third kappa shape index (κ3) is 4.87. The van der Waals surface area contributed by atoms with Gasteiger partial charge in [0.15, 0.2) is 0 Å². The third-order valence-corrected chi connectivity index (χ3v) is 3.79. The van der Waals surface area contributed by atoms with Crippen LogP contribution < -0.4 is 4.74 Å². The Morgan fingerprint density at radius 2 is 1.95 bits per heavy atom.